The van der Waals surface area contributed by atoms with Crippen LogP contribution in [0.4, 0.5) is 10.5 Å². The third-order valence-electron chi connectivity index (χ3n) is 6.30. The smallest absolute Gasteiger partial charge is 0.335 e. The minimum Gasteiger partial charge on any atom is -0.488 e. The van der Waals surface area contributed by atoms with Gasteiger partial charge in [0.25, 0.3) is 11.8 Å². The molecule has 1 heterocycles. The van der Waals surface area contributed by atoms with E-state index in [-0.39, 0.29) is 5.57 Å². The van der Waals surface area contributed by atoms with E-state index < -0.39 is 17.8 Å². The van der Waals surface area contributed by atoms with Crippen molar-refractivity contribution in [3.05, 3.63) is 113 Å². The van der Waals surface area contributed by atoms with Crippen molar-refractivity contribution in [2.75, 3.05) is 4.90 Å². The molecule has 6 heteroatoms. The molecule has 178 valence electrons. The average Bonchev–Trinajstić information content (AvgIpc) is 2.88. The Labute approximate surface area is 208 Å². The third-order valence-corrected chi connectivity index (χ3v) is 6.30. The molecule has 4 aromatic carbocycles. The number of para-hydroxylation sites is 1. The second-order valence-electron chi connectivity index (χ2n) is 8.70. The first kappa shape index (κ1) is 23.1. The first-order valence-electron chi connectivity index (χ1n) is 11.6. The third kappa shape index (κ3) is 4.36. The molecule has 1 aliphatic rings. The summed E-state index contributed by atoms with van der Waals surface area (Å²) in [6.45, 7) is 4.44. The number of imide groups is 2. The molecule has 0 aliphatic carbocycles. The number of benzene rings is 4. The van der Waals surface area contributed by atoms with Crippen molar-refractivity contribution in [1.82, 2.24) is 5.32 Å². The Hall–Kier alpha value is -4.71. The van der Waals surface area contributed by atoms with Gasteiger partial charge in [0.2, 0.25) is 0 Å². The molecule has 0 unspecified atom stereocenters. The molecule has 0 radical (unpaired) electrons. The van der Waals surface area contributed by atoms with Crippen molar-refractivity contribution >= 4 is 40.4 Å². The van der Waals surface area contributed by atoms with Gasteiger partial charge in [-0.1, -0.05) is 66.7 Å². The number of nitrogens with zero attached hydrogens (tertiary/aromatic N) is 1. The number of rotatable bonds is 5. The summed E-state index contributed by atoms with van der Waals surface area (Å²) in [5.74, 6) is -0.906. The van der Waals surface area contributed by atoms with Crippen LogP contribution in [0.5, 0.6) is 5.75 Å². The Morgan fingerprint density at radius 2 is 1.58 bits per heavy atom. The van der Waals surface area contributed by atoms with Gasteiger partial charge in [-0.3, -0.25) is 14.9 Å². The highest BCUT2D eigenvalue weighted by molar-refractivity contribution is 6.39. The summed E-state index contributed by atoms with van der Waals surface area (Å²) >= 11 is 0. The maximum Gasteiger partial charge on any atom is 0.335 e. The minimum absolute atomic E-state index is 0.147. The lowest BCUT2D eigenvalue weighted by atomic mass is 9.99. The van der Waals surface area contributed by atoms with Crippen LogP contribution in [0.15, 0.2) is 90.5 Å². The number of anilines is 1. The van der Waals surface area contributed by atoms with Gasteiger partial charge in [0, 0.05) is 5.56 Å². The van der Waals surface area contributed by atoms with Crippen LogP contribution in [0, 0.1) is 13.8 Å². The second-order valence-corrected chi connectivity index (χ2v) is 8.70. The predicted molar refractivity (Wildman–Crippen MR) is 140 cm³/mol. The first-order valence-corrected chi connectivity index (χ1v) is 11.6. The topological polar surface area (TPSA) is 75.7 Å². The van der Waals surface area contributed by atoms with Crippen molar-refractivity contribution in [2.45, 2.75) is 20.5 Å². The van der Waals surface area contributed by atoms with Crippen LogP contribution in [0.2, 0.25) is 0 Å². The van der Waals surface area contributed by atoms with E-state index in [9.17, 15) is 14.4 Å². The number of urea groups is 1. The molecule has 6 nitrogen and oxygen atoms in total. The summed E-state index contributed by atoms with van der Waals surface area (Å²) in [4.78, 5) is 39.7. The largest absolute Gasteiger partial charge is 0.488 e. The van der Waals surface area contributed by atoms with Crippen LogP contribution in [-0.2, 0) is 16.2 Å². The molecule has 1 fully saturated rings. The summed E-state index contributed by atoms with van der Waals surface area (Å²) in [6.07, 6.45) is 1.51. The summed E-state index contributed by atoms with van der Waals surface area (Å²) in [5.41, 5.74) is 4.21. The van der Waals surface area contributed by atoms with Crippen molar-refractivity contribution in [3.8, 4) is 5.75 Å². The molecule has 1 aliphatic heterocycles. The zero-order valence-corrected chi connectivity index (χ0v) is 19.9. The lowest BCUT2D eigenvalue weighted by molar-refractivity contribution is -0.122. The molecule has 0 saturated carbocycles. The van der Waals surface area contributed by atoms with E-state index in [2.05, 4.69) is 31.3 Å². The van der Waals surface area contributed by atoms with Crippen LogP contribution in [-0.4, -0.2) is 17.8 Å². The lowest BCUT2D eigenvalue weighted by Gasteiger charge is -2.26. The molecule has 5 rings (SSSR count). The highest BCUT2D eigenvalue weighted by atomic mass is 16.5. The molecular formula is C30H24N2O4. The summed E-state index contributed by atoms with van der Waals surface area (Å²) < 4.78 is 6.20. The van der Waals surface area contributed by atoms with Gasteiger partial charge in [-0.15, -0.1) is 0 Å². The van der Waals surface area contributed by atoms with Gasteiger partial charge in [0.1, 0.15) is 17.9 Å². The number of aryl methyl sites for hydroxylation is 2. The SMILES string of the molecule is Cc1ccc(COc2ccc3ccccc3c2/C=C2\C(=O)NC(=O)N(c3ccccc3)C2=O)cc1C. The van der Waals surface area contributed by atoms with Gasteiger partial charge >= 0.3 is 6.03 Å². The van der Waals surface area contributed by atoms with Gasteiger partial charge in [0.15, 0.2) is 0 Å². The molecule has 0 aromatic heterocycles. The Kier molecular flexibility index (Phi) is 6.09. The van der Waals surface area contributed by atoms with E-state index in [1.165, 1.54) is 17.2 Å². The van der Waals surface area contributed by atoms with Crippen molar-refractivity contribution in [1.29, 1.82) is 0 Å². The number of nitrogens with one attached hydrogen (secondary N) is 1. The molecule has 0 atom stereocenters. The number of hydrogen-bond acceptors (Lipinski definition) is 4. The number of carbonyl (C=O) groups excluding carboxylic acids is 3. The summed E-state index contributed by atoms with van der Waals surface area (Å²) in [6, 6.07) is 25.3. The van der Waals surface area contributed by atoms with Gasteiger partial charge in [-0.2, -0.15) is 0 Å². The van der Waals surface area contributed by atoms with Gasteiger partial charge in [0.05, 0.1) is 5.69 Å². The van der Waals surface area contributed by atoms with Gasteiger partial charge in [-0.05, 0) is 65.6 Å². The summed E-state index contributed by atoms with van der Waals surface area (Å²) in [7, 11) is 0. The normalized spacial score (nSPS) is 14.9. The number of carbonyl (C=O) groups is 3. The molecule has 1 N–H and O–H groups in total. The quantitative estimate of drug-likeness (QED) is 0.296. The van der Waals surface area contributed by atoms with Crippen LogP contribution >= 0.6 is 0 Å². The van der Waals surface area contributed by atoms with E-state index >= 15 is 0 Å². The molecule has 36 heavy (non-hydrogen) atoms. The standard InChI is InChI=1S/C30H24N2O4/c1-19-12-13-21(16-20(19)2)18-36-27-15-14-22-8-6-7-11-24(22)25(27)17-26-28(33)31-30(35)32(29(26)34)23-9-4-3-5-10-23/h3-17H,18H2,1-2H3,(H,31,33,35)/b26-17+. The van der Waals surface area contributed by atoms with E-state index in [0.717, 1.165) is 21.2 Å². The molecule has 4 aromatic rings. The predicted octanol–water partition coefficient (Wildman–Crippen LogP) is 5.70. The summed E-state index contributed by atoms with van der Waals surface area (Å²) in [5, 5.41) is 4.04. The average molecular weight is 477 g/mol. The van der Waals surface area contributed by atoms with Crippen molar-refractivity contribution in [2.24, 2.45) is 0 Å². The highest BCUT2D eigenvalue weighted by Crippen LogP contribution is 2.32. The fourth-order valence-electron chi connectivity index (χ4n) is 4.22. The van der Waals surface area contributed by atoms with Crippen molar-refractivity contribution in [3.63, 3.8) is 0 Å². The maximum atomic E-state index is 13.4. The van der Waals surface area contributed by atoms with Crippen LogP contribution < -0.4 is 15.0 Å². The highest BCUT2D eigenvalue weighted by Gasteiger charge is 2.37. The second kappa shape index (κ2) is 9.50. The number of amides is 4. The van der Waals surface area contributed by atoms with Gasteiger partial charge in [-0.25, -0.2) is 9.69 Å². The first-order chi connectivity index (χ1) is 17.4. The van der Waals surface area contributed by atoms with E-state index in [1.807, 2.05) is 42.5 Å². The number of fused-ring (bicyclic) bond motifs is 1. The number of hydrogen-bond donors (Lipinski definition) is 1. The van der Waals surface area contributed by atoms with E-state index in [1.54, 1.807) is 30.3 Å². The molecule has 1 saturated heterocycles. The monoisotopic (exact) mass is 476 g/mol. The minimum atomic E-state index is -0.780. The van der Waals surface area contributed by atoms with Crippen molar-refractivity contribution < 1.29 is 19.1 Å². The molecule has 0 bridgehead atoms. The maximum absolute atomic E-state index is 13.4. The van der Waals surface area contributed by atoms with E-state index in [4.69, 9.17) is 4.74 Å². The van der Waals surface area contributed by atoms with Crippen LogP contribution in [0.1, 0.15) is 22.3 Å². The Morgan fingerprint density at radius 3 is 2.36 bits per heavy atom. The Morgan fingerprint density at radius 1 is 0.833 bits per heavy atom. The zero-order chi connectivity index (χ0) is 25.2. The van der Waals surface area contributed by atoms with Gasteiger partial charge < -0.3 is 4.74 Å². The van der Waals surface area contributed by atoms with Crippen LogP contribution in [0.25, 0.3) is 16.8 Å². The number of ether oxygens (including phenoxy) is 1. The Balaban J connectivity index is 1.57. The Bertz CT molecular complexity index is 1540. The zero-order valence-electron chi connectivity index (χ0n) is 19.9. The molecule has 0 spiro atoms. The fraction of sp³-hybridized carbons (Fsp3) is 0.100. The van der Waals surface area contributed by atoms with E-state index in [0.29, 0.717) is 23.6 Å². The van der Waals surface area contributed by atoms with Crippen LogP contribution in [0.3, 0.4) is 0 Å². The fourth-order valence-corrected chi connectivity index (χ4v) is 4.22. The molecular weight excluding hydrogens is 452 g/mol. The molecule has 4 amide bonds. The number of barbiturate groups is 1. The lowest BCUT2D eigenvalue weighted by Crippen LogP contribution is -2.54.